The Morgan fingerprint density at radius 2 is 2.00 bits per heavy atom. The molecule has 1 aromatic rings. The monoisotopic (exact) mass is 262 g/mol. The van der Waals surface area contributed by atoms with E-state index in [4.69, 9.17) is 0 Å². The van der Waals surface area contributed by atoms with E-state index in [1.165, 1.54) is 32.1 Å². The van der Waals surface area contributed by atoms with E-state index in [-0.39, 0.29) is 10.6 Å². The quantitative estimate of drug-likeness (QED) is 0.651. The van der Waals surface area contributed by atoms with Gasteiger partial charge < -0.3 is 5.32 Å². The van der Waals surface area contributed by atoms with E-state index in [0.29, 0.717) is 12.6 Å². The molecule has 1 aliphatic rings. The summed E-state index contributed by atoms with van der Waals surface area (Å²) in [6.45, 7) is 2.78. The number of nitrogens with zero attached hydrogens (tertiary/aromatic N) is 1. The molecular formula is C15H22N2O2. The molecule has 0 spiro atoms. The van der Waals surface area contributed by atoms with E-state index in [0.717, 1.165) is 11.5 Å². The molecule has 1 aromatic carbocycles. The van der Waals surface area contributed by atoms with Crippen molar-refractivity contribution in [3.63, 3.8) is 0 Å². The summed E-state index contributed by atoms with van der Waals surface area (Å²) < 4.78 is 0. The van der Waals surface area contributed by atoms with Crippen LogP contribution in [0.5, 0.6) is 0 Å². The number of para-hydroxylation sites is 1. The molecule has 1 saturated carbocycles. The van der Waals surface area contributed by atoms with E-state index in [1.54, 1.807) is 12.1 Å². The van der Waals surface area contributed by atoms with Crippen LogP contribution in [0.4, 0.5) is 5.69 Å². The maximum Gasteiger partial charge on any atom is 0.273 e. The van der Waals surface area contributed by atoms with Gasteiger partial charge in [-0.2, -0.15) is 0 Å². The van der Waals surface area contributed by atoms with Crippen molar-refractivity contribution >= 4 is 5.69 Å². The predicted molar refractivity (Wildman–Crippen MR) is 76.0 cm³/mol. The van der Waals surface area contributed by atoms with Crippen LogP contribution in [-0.2, 0) is 6.54 Å². The summed E-state index contributed by atoms with van der Waals surface area (Å²) in [5.74, 6) is 0.719. The molecule has 1 aliphatic carbocycles. The van der Waals surface area contributed by atoms with Gasteiger partial charge in [-0.3, -0.25) is 10.1 Å². The lowest BCUT2D eigenvalue weighted by Gasteiger charge is -2.28. The molecule has 0 amide bonds. The number of hydrogen-bond acceptors (Lipinski definition) is 3. The molecule has 0 saturated heterocycles. The predicted octanol–water partition coefficient (Wildman–Crippen LogP) is 3.65. The third-order valence-corrected chi connectivity index (χ3v) is 4.16. The minimum absolute atomic E-state index is 0.214. The number of nitro benzene ring substituents is 1. The summed E-state index contributed by atoms with van der Waals surface area (Å²) in [6, 6.07) is 7.41. The third kappa shape index (κ3) is 3.77. The van der Waals surface area contributed by atoms with Gasteiger partial charge >= 0.3 is 0 Å². The molecule has 4 heteroatoms. The highest BCUT2D eigenvalue weighted by atomic mass is 16.6. The molecule has 4 nitrogen and oxygen atoms in total. The van der Waals surface area contributed by atoms with E-state index in [1.807, 2.05) is 12.1 Å². The van der Waals surface area contributed by atoms with Gasteiger partial charge in [0.2, 0.25) is 0 Å². The molecule has 1 N–H and O–H groups in total. The first kappa shape index (κ1) is 14.0. The minimum atomic E-state index is -0.303. The van der Waals surface area contributed by atoms with Gasteiger partial charge in [0.15, 0.2) is 0 Å². The van der Waals surface area contributed by atoms with E-state index < -0.39 is 0 Å². The van der Waals surface area contributed by atoms with Gasteiger partial charge in [0.05, 0.1) is 4.92 Å². The van der Waals surface area contributed by atoms with Gasteiger partial charge in [-0.15, -0.1) is 0 Å². The maximum atomic E-state index is 10.9. The van der Waals surface area contributed by atoms with E-state index in [9.17, 15) is 10.1 Å². The van der Waals surface area contributed by atoms with Crippen LogP contribution in [0.25, 0.3) is 0 Å². The summed E-state index contributed by atoms with van der Waals surface area (Å²) in [6.07, 6.45) is 6.56. The second-order valence-corrected chi connectivity index (χ2v) is 5.45. The van der Waals surface area contributed by atoms with Crippen molar-refractivity contribution in [2.24, 2.45) is 5.92 Å². The number of benzene rings is 1. The highest BCUT2D eigenvalue weighted by molar-refractivity contribution is 5.39. The van der Waals surface area contributed by atoms with Crippen molar-refractivity contribution in [1.82, 2.24) is 5.32 Å². The largest absolute Gasteiger partial charge is 0.310 e. The Labute approximate surface area is 114 Å². The molecule has 0 unspecified atom stereocenters. The highest BCUT2D eigenvalue weighted by Crippen LogP contribution is 2.26. The average Bonchev–Trinajstić information content (AvgIpc) is 2.46. The van der Waals surface area contributed by atoms with E-state index >= 15 is 0 Å². The maximum absolute atomic E-state index is 10.9. The van der Waals surface area contributed by atoms with Crippen LogP contribution in [0.2, 0.25) is 0 Å². The second-order valence-electron chi connectivity index (χ2n) is 5.45. The van der Waals surface area contributed by atoms with Crippen LogP contribution in [0, 0.1) is 16.0 Å². The Morgan fingerprint density at radius 1 is 1.32 bits per heavy atom. The van der Waals surface area contributed by atoms with Crippen LogP contribution < -0.4 is 5.32 Å². The first-order chi connectivity index (χ1) is 9.18. The second kappa shape index (κ2) is 6.66. The molecule has 19 heavy (non-hydrogen) atoms. The molecule has 2 rings (SSSR count). The molecule has 1 fully saturated rings. The van der Waals surface area contributed by atoms with Crippen molar-refractivity contribution in [2.75, 3.05) is 0 Å². The summed E-state index contributed by atoms with van der Waals surface area (Å²) in [4.78, 5) is 10.6. The molecule has 0 aromatic heterocycles. The molecule has 104 valence electrons. The van der Waals surface area contributed by atoms with Crippen LogP contribution in [-0.4, -0.2) is 11.0 Å². The molecule has 0 aliphatic heterocycles. The molecule has 0 radical (unpaired) electrons. The van der Waals surface area contributed by atoms with Crippen molar-refractivity contribution in [3.05, 3.63) is 39.9 Å². The first-order valence-corrected chi connectivity index (χ1v) is 7.14. The zero-order valence-electron chi connectivity index (χ0n) is 11.5. The van der Waals surface area contributed by atoms with Gasteiger partial charge in [0.1, 0.15) is 0 Å². The SMILES string of the molecule is C[C@@H](NCc1ccccc1[N+](=O)[O-])C1CCCCC1. The van der Waals surface area contributed by atoms with Crippen molar-refractivity contribution < 1.29 is 4.92 Å². The number of hydrogen-bond donors (Lipinski definition) is 1. The average molecular weight is 262 g/mol. The van der Waals surface area contributed by atoms with Crippen molar-refractivity contribution in [3.8, 4) is 0 Å². The lowest BCUT2D eigenvalue weighted by Crippen LogP contribution is -2.34. The lowest BCUT2D eigenvalue weighted by molar-refractivity contribution is -0.385. The Hall–Kier alpha value is -1.42. The number of nitro groups is 1. The Kier molecular flexibility index (Phi) is 4.91. The van der Waals surface area contributed by atoms with Crippen LogP contribution in [0.3, 0.4) is 0 Å². The number of rotatable bonds is 5. The van der Waals surface area contributed by atoms with Gasteiger partial charge in [-0.25, -0.2) is 0 Å². The number of nitrogens with one attached hydrogen (secondary N) is 1. The fraction of sp³-hybridized carbons (Fsp3) is 0.600. The van der Waals surface area contributed by atoms with Gasteiger partial charge in [-0.05, 0) is 25.7 Å². The third-order valence-electron chi connectivity index (χ3n) is 4.16. The standard InChI is InChI=1S/C15H22N2O2/c1-12(13-7-3-2-4-8-13)16-11-14-9-5-6-10-15(14)17(18)19/h5-6,9-10,12-13,16H,2-4,7-8,11H2,1H3/t12-/m1/s1. The van der Waals surface area contributed by atoms with Gasteiger partial charge in [0, 0.05) is 24.2 Å². The van der Waals surface area contributed by atoms with Crippen LogP contribution in [0.1, 0.15) is 44.6 Å². The van der Waals surface area contributed by atoms with Crippen LogP contribution >= 0.6 is 0 Å². The van der Waals surface area contributed by atoms with Gasteiger partial charge in [-0.1, -0.05) is 37.5 Å². The van der Waals surface area contributed by atoms with E-state index in [2.05, 4.69) is 12.2 Å². The van der Waals surface area contributed by atoms with Crippen LogP contribution in [0.15, 0.2) is 24.3 Å². The molecule has 0 heterocycles. The highest BCUT2D eigenvalue weighted by Gasteiger charge is 2.20. The van der Waals surface area contributed by atoms with Crippen molar-refractivity contribution in [2.45, 2.75) is 51.6 Å². The minimum Gasteiger partial charge on any atom is -0.310 e. The Morgan fingerprint density at radius 3 is 2.68 bits per heavy atom. The summed E-state index contributed by atoms with van der Waals surface area (Å²) in [7, 11) is 0. The first-order valence-electron chi connectivity index (χ1n) is 7.14. The summed E-state index contributed by atoms with van der Waals surface area (Å²) >= 11 is 0. The summed E-state index contributed by atoms with van der Waals surface area (Å²) in [5.41, 5.74) is 0.987. The molecule has 0 bridgehead atoms. The Balaban J connectivity index is 1.92. The molecule has 1 atom stereocenters. The normalized spacial score (nSPS) is 18.2. The zero-order chi connectivity index (χ0) is 13.7. The fourth-order valence-corrected chi connectivity index (χ4v) is 2.91. The summed E-state index contributed by atoms with van der Waals surface area (Å²) in [5, 5.41) is 14.4. The smallest absolute Gasteiger partial charge is 0.273 e. The zero-order valence-corrected chi connectivity index (χ0v) is 11.5. The lowest BCUT2D eigenvalue weighted by atomic mass is 9.84. The van der Waals surface area contributed by atoms with Gasteiger partial charge in [0.25, 0.3) is 5.69 Å². The topological polar surface area (TPSA) is 55.2 Å². The Bertz CT molecular complexity index is 428. The van der Waals surface area contributed by atoms with Crippen molar-refractivity contribution in [1.29, 1.82) is 0 Å². The fourth-order valence-electron chi connectivity index (χ4n) is 2.91. The molecular weight excluding hydrogens is 240 g/mol.